The number of imidazole rings is 1. The van der Waals surface area contributed by atoms with Gasteiger partial charge in [0, 0.05) is 13.1 Å². The van der Waals surface area contributed by atoms with Crippen molar-refractivity contribution >= 4 is 11.0 Å². The predicted molar refractivity (Wildman–Crippen MR) is 91.3 cm³/mol. The van der Waals surface area contributed by atoms with Crippen molar-refractivity contribution in [2.75, 3.05) is 0 Å². The fourth-order valence-corrected chi connectivity index (χ4v) is 3.01. The van der Waals surface area contributed by atoms with Crippen molar-refractivity contribution in [3.8, 4) is 0 Å². The quantitative estimate of drug-likeness (QED) is 0.678. The van der Waals surface area contributed by atoms with Gasteiger partial charge in [-0.15, -0.1) is 0 Å². The minimum atomic E-state index is 0.121. The van der Waals surface area contributed by atoms with E-state index in [2.05, 4.69) is 31.2 Å². The average molecular weight is 294 g/mol. The largest absolute Gasteiger partial charge is 0.329 e. The SMILES string of the molecule is CCCn1c(=O)n(CCCc2ccccc2)c2ccccc21. The topological polar surface area (TPSA) is 26.9 Å². The molecule has 1 aromatic heterocycles. The van der Waals surface area contributed by atoms with Crippen LogP contribution in [0.3, 0.4) is 0 Å². The molecule has 0 bridgehead atoms. The smallest absolute Gasteiger partial charge is 0.292 e. The van der Waals surface area contributed by atoms with E-state index in [1.54, 1.807) is 0 Å². The molecule has 0 fully saturated rings. The first-order chi connectivity index (χ1) is 10.8. The van der Waals surface area contributed by atoms with Gasteiger partial charge < -0.3 is 0 Å². The molecule has 0 amide bonds. The molecule has 114 valence electrons. The number of nitrogens with zero attached hydrogens (tertiary/aromatic N) is 2. The van der Waals surface area contributed by atoms with Crippen LogP contribution < -0.4 is 5.69 Å². The van der Waals surface area contributed by atoms with E-state index in [9.17, 15) is 4.79 Å². The van der Waals surface area contributed by atoms with Gasteiger partial charge in [0.15, 0.2) is 0 Å². The summed E-state index contributed by atoms with van der Waals surface area (Å²) in [7, 11) is 0. The molecule has 3 aromatic rings. The zero-order chi connectivity index (χ0) is 15.4. The number of rotatable bonds is 6. The summed E-state index contributed by atoms with van der Waals surface area (Å²) in [6.07, 6.45) is 2.95. The molecule has 0 saturated carbocycles. The Labute approximate surface area is 130 Å². The number of aryl methyl sites for hydroxylation is 3. The fourth-order valence-electron chi connectivity index (χ4n) is 3.01. The minimum Gasteiger partial charge on any atom is -0.292 e. The number of para-hydroxylation sites is 2. The normalized spacial score (nSPS) is 11.1. The molecule has 0 saturated heterocycles. The van der Waals surface area contributed by atoms with Crippen molar-refractivity contribution in [2.45, 2.75) is 39.3 Å². The number of hydrogen-bond donors (Lipinski definition) is 0. The summed E-state index contributed by atoms with van der Waals surface area (Å²) in [4.78, 5) is 12.6. The van der Waals surface area contributed by atoms with Gasteiger partial charge in [0.1, 0.15) is 0 Å². The van der Waals surface area contributed by atoms with Gasteiger partial charge in [0.25, 0.3) is 0 Å². The summed E-state index contributed by atoms with van der Waals surface area (Å²) in [5, 5.41) is 0. The van der Waals surface area contributed by atoms with Crippen LogP contribution in [0.2, 0.25) is 0 Å². The minimum absolute atomic E-state index is 0.121. The Hall–Kier alpha value is -2.29. The summed E-state index contributed by atoms with van der Waals surface area (Å²) >= 11 is 0. The summed E-state index contributed by atoms with van der Waals surface area (Å²) in [5.41, 5.74) is 3.55. The van der Waals surface area contributed by atoms with E-state index in [1.165, 1.54) is 5.56 Å². The molecule has 3 rings (SSSR count). The number of benzene rings is 2. The van der Waals surface area contributed by atoms with Crippen LogP contribution in [-0.2, 0) is 19.5 Å². The Morgan fingerprint density at radius 2 is 1.41 bits per heavy atom. The average Bonchev–Trinajstić information content (AvgIpc) is 2.82. The second-order valence-corrected chi connectivity index (χ2v) is 5.66. The lowest BCUT2D eigenvalue weighted by molar-refractivity contribution is 0.592. The summed E-state index contributed by atoms with van der Waals surface area (Å²) < 4.78 is 3.83. The molecule has 0 radical (unpaired) electrons. The second-order valence-electron chi connectivity index (χ2n) is 5.66. The van der Waals surface area contributed by atoms with Gasteiger partial charge in [-0.25, -0.2) is 4.79 Å². The second kappa shape index (κ2) is 6.65. The highest BCUT2D eigenvalue weighted by Crippen LogP contribution is 2.14. The van der Waals surface area contributed by atoms with Gasteiger partial charge in [-0.3, -0.25) is 9.13 Å². The van der Waals surface area contributed by atoms with Crippen molar-refractivity contribution < 1.29 is 0 Å². The molecule has 0 aliphatic carbocycles. The van der Waals surface area contributed by atoms with Gasteiger partial charge in [-0.1, -0.05) is 49.4 Å². The van der Waals surface area contributed by atoms with Crippen LogP contribution in [0.1, 0.15) is 25.3 Å². The lowest BCUT2D eigenvalue weighted by atomic mass is 10.1. The van der Waals surface area contributed by atoms with Gasteiger partial charge in [0.2, 0.25) is 0 Å². The van der Waals surface area contributed by atoms with E-state index in [1.807, 2.05) is 39.5 Å². The molecule has 22 heavy (non-hydrogen) atoms. The van der Waals surface area contributed by atoms with Gasteiger partial charge in [-0.05, 0) is 37.0 Å². The first kappa shape index (κ1) is 14.6. The van der Waals surface area contributed by atoms with Crippen LogP contribution in [0.25, 0.3) is 11.0 Å². The maximum atomic E-state index is 12.6. The van der Waals surface area contributed by atoms with E-state index in [0.717, 1.165) is 43.4 Å². The molecule has 0 spiro atoms. The summed E-state index contributed by atoms with van der Waals surface area (Å²) in [5.74, 6) is 0. The molecule has 0 N–H and O–H groups in total. The lowest BCUT2D eigenvalue weighted by Crippen LogP contribution is -2.24. The third kappa shape index (κ3) is 2.84. The van der Waals surface area contributed by atoms with E-state index in [4.69, 9.17) is 0 Å². The predicted octanol–water partition coefficient (Wildman–Crippen LogP) is 3.85. The molecular weight excluding hydrogens is 272 g/mol. The van der Waals surface area contributed by atoms with Gasteiger partial charge in [0.05, 0.1) is 11.0 Å². The Morgan fingerprint density at radius 1 is 0.818 bits per heavy atom. The molecule has 2 aromatic carbocycles. The monoisotopic (exact) mass is 294 g/mol. The van der Waals surface area contributed by atoms with Gasteiger partial charge in [-0.2, -0.15) is 0 Å². The van der Waals surface area contributed by atoms with Crippen molar-refractivity contribution in [3.63, 3.8) is 0 Å². The van der Waals surface area contributed by atoms with E-state index in [-0.39, 0.29) is 5.69 Å². The van der Waals surface area contributed by atoms with Crippen molar-refractivity contribution in [2.24, 2.45) is 0 Å². The van der Waals surface area contributed by atoms with Crippen LogP contribution in [0, 0.1) is 0 Å². The van der Waals surface area contributed by atoms with Crippen LogP contribution in [-0.4, -0.2) is 9.13 Å². The van der Waals surface area contributed by atoms with Crippen LogP contribution in [0.4, 0.5) is 0 Å². The van der Waals surface area contributed by atoms with Crippen LogP contribution in [0.15, 0.2) is 59.4 Å². The first-order valence-corrected chi connectivity index (χ1v) is 8.03. The number of fused-ring (bicyclic) bond motifs is 1. The fraction of sp³-hybridized carbons (Fsp3) is 0.316. The third-order valence-electron chi connectivity index (χ3n) is 4.06. The summed E-state index contributed by atoms with van der Waals surface area (Å²) in [6.45, 7) is 3.66. The molecule has 3 heteroatoms. The molecule has 0 aliphatic rings. The maximum absolute atomic E-state index is 12.6. The van der Waals surface area contributed by atoms with E-state index < -0.39 is 0 Å². The molecule has 3 nitrogen and oxygen atoms in total. The molecule has 0 unspecified atom stereocenters. The Kier molecular flexibility index (Phi) is 4.42. The highest BCUT2D eigenvalue weighted by atomic mass is 16.1. The first-order valence-electron chi connectivity index (χ1n) is 8.03. The molecule has 0 atom stereocenters. The van der Waals surface area contributed by atoms with Crippen molar-refractivity contribution in [1.29, 1.82) is 0 Å². The highest BCUT2D eigenvalue weighted by molar-refractivity contribution is 5.75. The standard InChI is InChI=1S/C19H22N2O/c1-2-14-20-17-12-6-7-13-18(17)21(19(20)22)15-8-11-16-9-4-3-5-10-16/h3-7,9-10,12-13H,2,8,11,14-15H2,1H3. The van der Waals surface area contributed by atoms with Crippen LogP contribution >= 0.6 is 0 Å². The molecular formula is C19H22N2O. The summed E-state index contributed by atoms with van der Waals surface area (Å²) in [6, 6.07) is 18.5. The lowest BCUT2D eigenvalue weighted by Gasteiger charge is -2.04. The maximum Gasteiger partial charge on any atom is 0.329 e. The van der Waals surface area contributed by atoms with E-state index in [0.29, 0.717) is 0 Å². The van der Waals surface area contributed by atoms with Crippen LogP contribution in [0.5, 0.6) is 0 Å². The Bertz CT molecular complexity index is 799. The van der Waals surface area contributed by atoms with Gasteiger partial charge >= 0.3 is 5.69 Å². The Morgan fingerprint density at radius 3 is 2.05 bits per heavy atom. The van der Waals surface area contributed by atoms with Crippen molar-refractivity contribution in [3.05, 3.63) is 70.6 Å². The number of hydrogen-bond acceptors (Lipinski definition) is 1. The highest BCUT2D eigenvalue weighted by Gasteiger charge is 2.11. The molecule has 0 aliphatic heterocycles. The zero-order valence-electron chi connectivity index (χ0n) is 13.0. The van der Waals surface area contributed by atoms with Crippen molar-refractivity contribution in [1.82, 2.24) is 9.13 Å². The molecule has 1 heterocycles. The van der Waals surface area contributed by atoms with E-state index >= 15 is 0 Å². The Balaban J connectivity index is 1.84. The number of aromatic nitrogens is 2. The third-order valence-corrected chi connectivity index (χ3v) is 4.06. The zero-order valence-corrected chi connectivity index (χ0v) is 13.0.